The van der Waals surface area contributed by atoms with Crippen molar-refractivity contribution in [2.24, 2.45) is 0 Å². The second kappa shape index (κ2) is 22.8. The van der Waals surface area contributed by atoms with Crippen LogP contribution in [0.3, 0.4) is 0 Å². The molecule has 192 valence electrons. The maximum absolute atomic E-state index is 6.02. The van der Waals surface area contributed by atoms with Crippen LogP contribution in [0.25, 0.3) is 0 Å². The summed E-state index contributed by atoms with van der Waals surface area (Å²) < 4.78 is 6.02. The quantitative estimate of drug-likeness (QED) is 0.140. The van der Waals surface area contributed by atoms with Crippen molar-refractivity contribution in [3.05, 3.63) is 29.3 Å². The zero-order valence-corrected chi connectivity index (χ0v) is 22.9. The second-order valence-electron chi connectivity index (χ2n) is 10.2. The Morgan fingerprint density at radius 2 is 0.909 bits per heavy atom. The first-order valence-corrected chi connectivity index (χ1v) is 15.1. The van der Waals surface area contributed by atoms with Crippen molar-refractivity contribution in [3.63, 3.8) is 0 Å². The highest BCUT2D eigenvalue weighted by Crippen LogP contribution is 2.27. The lowest BCUT2D eigenvalue weighted by Crippen LogP contribution is -2.02. The minimum absolute atomic E-state index is 0.771. The van der Waals surface area contributed by atoms with E-state index in [-0.39, 0.29) is 0 Å². The molecule has 0 aromatic heterocycles. The average Bonchev–Trinajstić information content (AvgIpc) is 2.83. The van der Waals surface area contributed by atoms with Crippen LogP contribution < -0.4 is 4.74 Å². The Morgan fingerprint density at radius 3 is 1.36 bits per heavy atom. The van der Waals surface area contributed by atoms with Crippen LogP contribution in [0.4, 0.5) is 0 Å². The molecule has 1 aromatic rings. The van der Waals surface area contributed by atoms with Gasteiger partial charge in [-0.05, 0) is 49.8 Å². The lowest BCUT2D eigenvalue weighted by atomic mass is 9.95. The van der Waals surface area contributed by atoms with Crippen LogP contribution in [0.2, 0.25) is 0 Å². The number of hydrogen-bond acceptors (Lipinski definition) is 1. The summed E-state index contributed by atoms with van der Waals surface area (Å²) in [5, 5.41) is 0. The van der Waals surface area contributed by atoms with E-state index < -0.39 is 0 Å². The number of ether oxygens (including phenoxy) is 1. The minimum atomic E-state index is 0.771. The molecule has 0 aliphatic heterocycles. The molecule has 33 heavy (non-hydrogen) atoms. The summed E-state index contributed by atoms with van der Waals surface area (Å²) in [7, 11) is 0. The van der Waals surface area contributed by atoms with Crippen LogP contribution in [0, 0.1) is 0 Å². The van der Waals surface area contributed by atoms with Gasteiger partial charge in [-0.1, -0.05) is 142 Å². The van der Waals surface area contributed by atoms with Gasteiger partial charge in [-0.25, -0.2) is 0 Å². The molecular weight excluding hydrogens is 400 g/mol. The molecule has 1 rings (SSSR count). The number of hydrogen-bond donors (Lipinski definition) is 0. The number of aryl methyl sites for hydroxylation is 1. The maximum Gasteiger partial charge on any atom is 0.122 e. The average molecular weight is 459 g/mol. The van der Waals surface area contributed by atoms with Crippen molar-refractivity contribution in [2.45, 2.75) is 162 Å². The summed E-state index contributed by atoms with van der Waals surface area (Å²) in [5.74, 6) is 1.15. The molecule has 1 aromatic carbocycles. The highest BCUT2D eigenvalue weighted by atomic mass is 16.5. The van der Waals surface area contributed by atoms with Gasteiger partial charge in [-0.2, -0.15) is 0 Å². The Balaban J connectivity index is 2.26. The normalized spacial score (nSPS) is 11.2. The fourth-order valence-corrected chi connectivity index (χ4v) is 5.01. The number of benzene rings is 1. The van der Waals surface area contributed by atoms with Crippen molar-refractivity contribution in [2.75, 3.05) is 6.61 Å². The summed E-state index contributed by atoms with van der Waals surface area (Å²) in [6, 6.07) is 6.76. The molecule has 0 fully saturated rings. The van der Waals surface area contributed by atoms with E-state index >= 15 is 0 Å². The zero-order valence-electron chi connectivity index (χ0n) is 22.9. The van der Waals surface area contributed by atoms with Crippen molar-refractivity contribution in [1.82, 2.24) is 0 Å². The molecule has 0 unspecified atom stereocenters. The molecule has 0 aliphatic rings. The molecular formula is C32H58O. The predicted molar refractivity (Wildman–Crippen MR) is 149 cm³/mol. The fourth-order valence-electron chi connectivity index (χ4n) is 5.01. The molecule has 0 bridgehead atoms. The molecule has 0 aliphatic carbocycles. The smallest absolute Gasteiger partial charge is 0.122 e. The van der Waals surface area contributed by atoms with Gasteiger partial charge in [-0.3, -0.25) is 0 Å². The third-order valence-electron chi connectivity index (χ3n) is 7.11. The van der Waals surface area contributed by atoms with Gasteiger partial charge in [0.25, 0.3) is 0 Å². The molecule has 0 atom stereocenters. The van der Waals surface area contributed by atoms with Crippen LogP contribution in [0.5, 0.6) is 5.75 Å². The van der Waals surface area contributed by atoms with E-state index in [1.807, 2.05) is 0 Å². The Hall–Kier alpha value is -0.980. The standard InChI is InChI=1S/C32H58O/c1-4-7-9-11-13-15-17-19-21-23-26-30-27-25-29-32(33-6-3)31(30)28-24-22-20-18-16-14-12-10-8-5-2/h25,27,29H,4-24,26,28H2,1-3H3. The first kappa shape index (κ1) is 30.1. The zero-order chi connectivity index (χ0) is 23.8. The topological polar surface area (TPSA) is 9.23 Å². The van der Waals surface area contributed by atoms with E-state index in [1.54, 1.807) is 5.56 Å². The number of rotatable bonds is 24. The molecule has 0 heterocycles. The molecule has 0 saturated heterocycles. The van der Waals surface area contributed by atoms with Crippen molar-refractivity contribution in [1.29, 1.82) is 0 Å². The maximum atomic E-state index is 6.02. The van der Waals surface area contributed by atoms with E-state index in [4.69, 9.17) is 4.74 Å². The van der Waals surface area contributed by atoms with Crippen molar-refractivity contribution >= 4 is 0 Å². The van der Waals surface area contributed by atoms with Crippen LogP contribution >= 0.6 is 0 Å². The van der Waals surface area contributed by atoms with E-state index in [0.717, 1.165) is 12.4 Å². The van der Waals surface area contributed by atoms with Gasteiger partial charge in [0, 0.05) is 0 Å². The van der Waals surface area contributed by atoms with Gasteiger partial charge in [-0.15, -0.1) is 0 Å². The van der Waals surface area contributed by atoms with Gasteiger partial charge in [0.05, 0.1) is 6.61 Å². The molecule has 1 heteroatoms. The first-order chi connectivity index (χ1) is 16.3. The van der Waals surface area contributed by atoms with Crippen LogP contribution in [-0.2, 0) is 12.8 Å². The predicted octanol–water partition coefficient (Wildman–Crippen LogP) is 11.0. The van der Waals surface area contributed by atoms with E-state index in [0.29, 0.717) is 0 Å². The van der Waals surface area contributed by atoms with Gasteiger partial charge < -0.3 is 4.74 Å². The van der Waals surface area contributed by atoms with Crippen LogP contribution in [0.1, 0.15) is 160 Å². The Morgan fingerprint density at radius 1 is 0.485 bits per heavy atom. The highest BCUT2D eigenvalue weighted by Gasteiger charge is 2.09. The van der Waals surface area contributed by atoms with E-state index in [1.165, 1.54) is 147 Å². The molecule has 0 saturated carbocycles. The van der Waals surface area contributed by atoms with E-state index in [2.05, 4.69) is 39.0 Å². The van der Waals surface area contributed by atoms with Crippen molar-refractivity contribution < 1.29 is 4.74 Å². The minimum Gasteiger partial charge on any atom is -0.494 e. The Kier molecular flexibility index (Phi) is 20.8. The molecule has 0 N–H and O–H groups in total. The Labute approximate surface area is 208 Å². The van der Waals surface area contributed by atoms with Gasteiger partial charge in [0.1, 0.15) is 5.75 Å². The fraction of sp³-hybridized carbons (Fsp3) is 0.812. The summed E-state index contributed by atoms with van der Waals surface area (Å²) >= 11 is 0. The lowest BCUT2D eigenvalue weighted by Gasteiger charge is -2.15. The van der Waals surface area contributed by atoms with Crippen LogP contribution in [-0.4, -0.2) is 6.61 Å². The third kappa shape index (κ3) is 16.3. The summed E-state index contributed by atoms with van der Waals surface area (Å²) in [5.41, 5.74) is 3.06. The molecule has 0 amide bonds. The molecule has 1 nitrogen and oxygen atoms in total. The van der Waals surface area contributed by atoms with Gasteiger partial charge >= 0.3 is 0 Å². The van der Waals surface area contributed by atoms with Crippen LogP contribution in [0.15, 0.2) is 18.2 Å². The van der Waals surface area contributed by atoms with E-state index in [9.17, 15) is 0 Å². The lowest BCUT2D eigenvalue weighted by molar-refractivity contribution is 0.335. The monoisotopic (exact) mass is 458 g/mol. The summed E-state index contributed by atoms with van der Waals surface area (Å²) in [6.45, 7) is 7.48. The highest BCUT2D eigenvalue weighted by molar-refractivity contribution is 5.40. The second-order valence-corrected chi connectivity index (χ2v) is 10.2. The van der Waals surface area contributed by atoms with Gasteiger partial charge in [0.2, 0.25) is 0 Å². The SMILES string of the molecule is CCCCCCCCCCCCc1cccc(OCC)c1CCCCCCCCCCCC. The molecule has 0 spiro atoms. The largest absolute Gasteiger partial charge is 0.494 e. The summed E-state index contributed by atoms with van der Waals surface area (Å²) in [4.78, 5) is 0. The summed E-state index contributed by atoms with van der Waals surface area (Å²) in [6.07, 6.45) is 30.5. The van der Waals surface area contributed by atoms with Gasteiger partial charge in [0.15, 0.2) is 0 Å². The first-order valence-electron chi connectivity index (χ1n) is 15.1. The number of unbranched alkanes of at least 4 members (excludes halogenated alkanes) is 18. The van der Waals surface area contributed by atoms with Crippen molar-refractivity contribution in [3.8, 4) is 5.75 Å². The third-order valence-corrected chi connectivity index (χ3v) is 7.11. The molecule has 0 radical (unpaired) electrons. The Bertz CT molecular complexity index is 535.